The molecule has 0 spiro atoms. The van der Waals surface area contributed by atoms with Gasteiger partial charge in [-0.15, -0.1) is 35.7 Å². The topological polar surface area (TPSA) is 44.9 Å². The van der Waals surface area contributed by atoms with E-state index < -0.39 is 0 Å². The molecule has 0 aliphatic rings. The number of fused-ring (bicyclic) bond motifs is 3. The van der Waals surface area contributed by atoms with Crippen LogP contribution in [0.4, 0.5) is 4.39 Å². The summed E-state index contributed by atoms with van der Waals surface area (Å²) in [6.07, 6.45) is 5.48. The molecule has 46 heavy (non-hydrogen) atoms. The number of aryl methyl sites for hydroxylation is 1. The van der Waals surface area contributed by atoms with Gasteiger partial charge in [0.05, 0.1) is 6.20 Å². The van der Waals surface area contributed by atoms with Crippen molar-refractivity contribution < 1.29 is 30.2 Å². The normalized spacial score (nSPS) is 11.5. The Morgan fingerprint density at radius 1 is 0.804 bits per heavy atom. The molecular weight excluding hydrogens is 755 g/mol. The van der Waals surface area contributed by atoms with Crippen molar-refractivity contribution in [2.24, 2.45) is 0 Å². The average Bonchev–Trinajstić information content (AvgIpc) is 3.64. The molecule has 3 aromatic heterocycles. The predicted octanol–water partition coefficient (Wildman–Crippen LogP) is 10.1. The van der Waals surface area contributed by atoms with Gasteiger partial charge in [0.1, 0.15) is 11.6 Å². The maximum atomic E-state index is 14.2. The number of ether oxygens (including phenoxy) is 1. The molecule has 0 amide bonds. The third-order valence-corrected chi connectivity index (χ3v) is 8.17. The van der Waals surface area contributed by atoms with E-state index in [2.05, 4.69) is 70.1 Å². The molecule has 0 atom stereocenters. The zero-order valence-electron chi connectivity index (χ0n) is 26.3. The monoisotopic (exact) mass is 787 g/mol. The van der Waals surface area contributed by atoms with E-state index in [0.717, 1.165) is 33.1 Å². The largest absolute Gasteiger partial charge is 2.00 e. The Hall–Kier alpha value is -4.54. The summed E-state index contributed by atoms with van der Waals surface area (Å²) in [5, 5.41) is 6.74. The summed E-state index contributed by atoms with van der Waals surface area (Å²) in [4.78, 5) is 4.45. The summed E-state index contributed by atoms with van der Waals surface area (Å²) in [5.41, 5.74) is 8.71. The fourth-order valence-corrected chi connectivity index (χ4v) is 6.11. The van der Waals surface area contributed by atoms with E-state index in [1.807, 2.05) is 70.0 Å². The fraction of sp³-hybridized carbons (Fsp3) is 0.179. The summed E-state index contributed by atoms with van der Waals surface area (Å²) in [6.45, 7) is 11.1. The zero-order valence-corrected chi connectivity index (χ0v) is 28.6. The number of hydrogen-bond donors (Lipinski definition) is 0. The second-order valence-electron chi connectivity index (χ2n) is 12.1. The van der Waals surface area contributed by atoms with Crippen LogP contribution < -0.4 is 4.74 Å². The molecule has 0 bridgehead atoms. The quantitative estimate of drug-likeness (QED) is 0.151. The first kappa shape index (κ1) is 31.4. The van der Waals surface area contributed by atoms with Crippen molar-refractivity contribution in [3.05, 3.63) is 132 Å². The Bertz CT molecular complexity index is 2170. The molecule has 7 rings (SSSR count). The maximum Gasteiger partial charge on any atom is 2.00 e. The molecule has 3 heterocycles. The smallest absolute Gasteiger partial charge is 0.509 e. The summed E-state index contributed by atoms with van der Waals surface area (Å²) < 4.78 is 24.3. The minimum Gasteiger partial charge on any atom is -0.509 e. The van der Waals surface area contributed by atoms with Crippen molar-refractivity contribution in [3.63, 3.8) is 0 Å². The third-order valence-electron chi connectivity index (χ3n) is 8.17. The van der Waals surface area contributed by atoms with Gasteiger partial charge in [0.2, 0.25) is 0 Å². The molecule has 0 unspecified atom stereocenters. The Kier molecular flexibility index (Phi) is 8.67. The van der Waals surface area contributed by atoms with Gasteiger partial charge in [-0.05, 0) is 58.7 Å². The van der Waals surface area contributed by atoms with Crippen LogP contribution in [0.15, 0.2) is 97.5 Å². The van der Waals surface area contributed by atoms with Gasteiger partial charge < -0.3 is 9.30 Å². The van der Waals surface area contributed by atoms with Crippen LogP contribution in [-0.2, 0) is 21.1 Å². The van der Waals surface area contributed by atoms with Gasteiger partial charge in [-0.25, -0.2) is 9.37 Å². The van der Waals surface area contributed by atoms with Gasteiger partial charge in [0, 0.05) is 41.0 Å². The number of hydrogen-bond acceptors (Lipinski definition) is 3. The number of pyridine rings is 1. The van der Waals surface area contributed by atoms with Gasteiger partial charge in [-0.2, -0.15) is 17.2 Å². The minimum absolute atomic E-state index is 0. The first-order valence-corrected chi connectivity index (χ1v) is 15.2. The van der Waals surface area contributed by atoms with E-state index in [1.165, 1.54) is 40.6 Å². The molecule has 0 saturated heterocycles. The Morgan fingerprint density at radius 2 is 1.54 bits per heavy atom. The van der Waals surface area contributed by atoms with Crippen molar-refractivity contribution in [3.8, 4) is 34.1 Å². The second-order valence-corrected chi connectivity index (χ2v) is 12.1. The number of halogens is 1. The van der Waals surface area contributed by atoms with Crippen LogP contribution in [0.5, 0.6) is 11.5 Å². The average molecular weight is 788 g/mol. The second kappa shape index (κ2) is 12.7. The molecule has 0 aliphatic carbocycles. The van der Waals surface area contributed by atoms with E-state index in [0.29, 0.717) is 29.2 Å². The standard InChI is InChI=1S/C39H33FN4O.Pt/c1-24(2)34-17-26(5)18-35(25(3)4)39(34)27-22-42-43(23-27)29-9-8-10-30(20-29)45-31-13-14-33-32-11-6-7-12-36(32)44(37(33)21-31)38-19-28(40)15-16-41-38;/h6-19,22-25H,1-5H3;/q-2;+2. The molecule has 0 aliphatic heterocycles. The number of benzene rings is 4. The van der Waals surface area contributed by atoms with Crippen molar-refractivity contribution >= 4 is 21.8 Å². The van der Waals surface area contributed by atoms with E-state index in [4.69, 9.17) is 9.84 Å². The van der Waals surface area contributed by atoms with E-state index in [-0.39, 0.29) is 26.9 Å². The van der Waals surface area contributed by atoms with Crippen molar-refractivity contribution in [2.45, 2.75) is 46.5 Å². The number of para-hydroxylation sites is 1. The van der Waals surface area contributed by atoms with Gasteiger partial charge in [-0.1, -0.05) is 69.1 Å². The van der Waals surface area contributed by atoms with E-state index >= 15 is 0 Å². The first-order chi connectivity index (χ1) is 21.8. The van der Waals surface area contributed by atoms with E-state index in [1.54, 1.807) is 0 Å². The molecule has 0 saturated carbocycles. The molecule has 7 heteroatoms. The summed E-state index contributed by atoms with van der Waals surface area (Å²) in [6, 6.07) is 31.8. The van der Waals surface area contributed by atoms with Gasteiger partial charge in [0.25, 0.3) is 0 Å². The molecular formula is C39H33FN4OPt. The van der Waals surface area contributed by atoms with Crippen LogP contribution >= 0.6 is 0 Å². The third kappa shape index (κ3) is 5.78. The molecule has 4 aromatic carbocycles. The zero-order chi connectivity index (χ0) is 31.2. The number of nitrogens with zero attached hydrogens (tertiary/aromatic N) is 4. The predicted molar refractivity (Wildman–Crippen MR) is 178 cm³/mol. The molecule has 7 aromatic rings. The number of aromatic nitrogens is 4. The van der Waals surface area contributed by atoms with Crippen LogP contribution in [0, 0.1) is 24.9 Å². The summed E-state index contributed by atoms with van der Waals surface area (Å²) in [7, 11) is 0. The number of rotatable bonds is 7. The van der Waals surface area contributed by atoms with E-state index in [9.17, 15) is 4.39 Å². The van der Waals surface area contributed by atoms with Crippen LogP contribution in [0.25, 0.3) is 44.4 Å². The summed E-state index contributed by atoms with van der Waals surface area (Å²) in [5.74, 6) is 1.94. The van der Waals surface area contributed by atoms with Crippen molar-refractivity contribution in [2.75, 3.05) is 0 Å². The molecule has 0 radical (unpaired) electrons. The summed E-state index contributed by atoms with van der Waals surface area (Å²) >= 11 is 0. The van der Waals surface area contributed by atoms with Gasteiger partial charge >= 0.3 is 21.1 Å². The van der Waals surface area contributed by atoms with Crippen LogP contribution in [0.3, 0.4) is 0 Å². The Balaban J connectivity index is 0.00000372. The molecule has 232 valence electrons. The van der Waals surface area contributed by atoms with Crippen molar-refractivity contribution in [1.29, 1.82) is 0 Å². The Morgan fingerprint density at radius 3 is 2.28 bits per heavy atom. The SMILES string of the molecule is Cc1cc(C(C)C)c(-c2cnn(-c3[c-]c(Oc4[c-]c5c(cc4)c4ccccc4n5-c4cc(F)ccn4)ccc3)c2)c(C(C)C)c1.[Pt+2]. The minimum atomic E-state index is -0.352. The van der Waals surface area contributed by atoms with Gasteiger partial charge in [-0.3, -0.25) is 4.68 Å². The molecule has 0 N–H and O–H groups in total. The van der Waals surface area contributed by atoms with Crippen LogP contribution in [-0.4, -0.2) is 19.3 Å². The van der Waals surface area contributed by atoms with Gasteiger partial charge in [0.15, 0.2) is 0 Å². The van der Waals surface area contributed by atoms with Crippen LogP contribution in [0.1, 0.15) is 56.2 Å². The first-order valence-electron chi connectivity index (χ1n) is 15.2. The maximum absolute atomic E-state index is 14.2. The van der Waals surface area contributed by atoms with Crippen molar-refractivity contribution in [1.82, 2.24) is 19.3 Å². The fourth-order valence-electron chi connectivity index (χ4n) is 6.11. The molecule has 5 nitrogen and oxygen atoms in total. The van der Waals surface area contributed by atoms with Crippen LogP contribution in [0.2, 0.25) is 0 Å². The molecule has 0 fully saturated rings. The Labute approximate surface area is 282 Å².